The molecule has 6 rings (SSSR count). The fourth-order valence-corrected chi connectivity index (χ4v) is 6.30. The summed E-state index contributed by atoms with van der Waals surface area (Å²) in [6.07, 6.45) is 4.15. The number of nitrogen functional groups attached to an aromatic ring is 1. The minimum Gasteiger partial charge on any atom is -0.397 e. The highest BCUT2D eigenvalue weighted by Gasteiger charge is 2.24. The predicted molar refractivity (Wildman–Crippen MR) is 178 cm³/mol. The molecule has 4 heterocycles. The van der Waals surface area contributed by atoms with Gasteiger partial charge in [0.15, 0.2) is 0 Å². The van der Waals surface area contributed by atoms with Gasteiger partial charge in [0.1, 0.15) is 17.2 Å². The predicted octanol–water partition coefficient (Wildman–Crippen LogP) is 7.37. The van der Waals surface area contributed by atoms with Crippen molar-refractivity contribution in [2.45, 2.75) is 91.5 Å². The molecule has 46 heavy (non-hydrogen) atoms. The third-order valence-electron chi connectivity index (χ3n) is 8.58. The molecule has 0 spiro atoms. The Hall–Kier alpha value is -4.42. The zero-order valence-electron chi connectivity index (χ0n) is 27.4. The smallest absolute Gasteiger partial charge is 0.292 e. The molecule has 2 aliphatic heterocycles. The molecule has 4 N–H and O–H groups in total. The molecule has 12 nitrogen and oxygen atoms in total. The number of aryl methyl sites for hydroxylation is 4. The number of aromatic nitrogens is 2. The number of benzene rings is 2. The summed E-state index contributed by atoms with van der Waals surface area (Å²) < 4.78 is 21.5. The van der Waals surface area contributed by atoms with Crippen LogP contribution in [0.1, 0.15) is 62.4 Å². The van der Waals surface area contributed by atoms with Crippen molar-refractivity contribution in [1.29, 1.82) is 0 Å². The second-order valence-corrected chi connectivity index (χ2v) is 12.3. The van der Waals surface area contributed by atoms with E-state index in [1.807, 2.05) is 45.9 Å². The Bertz CT molecular complexity index is 1630. The Morgan fingerprint density at radius 1 is 0.783 bits per heavy atom. The summed E-state index contributed by atoms with van der Waals surface area (Å²) in [4.78, 5) is 11.2. The van der Waals surface area contributed by atoms with Crippen molar-refractivity contribution in [3.63, 3.8) is 0 Å². The van der Waals surface area contributed by atoms with Crippen LogP contribution in [-0.4, -0.2) is 52.7 Å². The summed E-state index contributed by atoms with van der Waals surface area (Å²) in [5.41, 5.74) is 13.8. The molecule has 4 atom stereocenters. The Morgan fingerprint density at radius 2 is 1.26 bits per heavy atom. The van der Waals surface area contributed by atoms with Crippen LogP contribution in [0.25, 0.3) is 22.3 Å². The van der Waals surface area contributed by atoms with E-state index < -0.39 is 0 Å². The highest BCUT2D eigenvalue weighted by atomic mass is 16.6. The molecular weight excluding hydrogens is 588 g/mol. The van der Waals surface area contributed by atoms with E-state index in [0.29, 0.717) is 30.2 Å². The standard InChI is InChI=1S/C17H21N3O4.C17H23N3O2/c1-10-8-14(6-7-23-10)18-15-5-4-13(9-16(15)20(21)22)17-11(2)19-24-12(17)3;1-10-8-14(6-7-21-10)19-16-5-4-13(9-15(16)18)17-11(2)20-22-12(17)3/h4-5,9-10,14,18H,6-8H2,1-3H3;4-5,9-10,14,19H,6-8,18H2,1-3H3. The van der Waals surface area contributed by atoms with Crippen molar-refractivity contribution < 1.29 is 23.4 Å². The number of nitro benzene ring substituents is 1. The molecule has 2 aromatic carbocycles. The van der Waals surface area contributed by atoms with E-state index in [9.17, 15) is 10.1 Å². The topological polar surface area (TPSA) is 164 Å². The Morgan fingerprint density at radius 3 is 1.70 bits per heavy atom. The second-order valence-electron chi connectivity index (χ2n) is 12.3. The van der Waals surface area contributed by atoms with Gasteiger partial charge in [-0.25, -0.2) is 0 Å². The maximum atomic E-state index is 11.5. The van der Waals surface area contributed by atoms with E-state index in [1.54, 1.807) is 19.1 Å². The number of nitrogens with one attached hydrogen (secondary N) is 2. The first-order valence-corrected chi connectivity index (χ1v) is 15.8. The quantitative estimate of drug-likeness (QED) is 0.106. The van der Waals surface area contributed by atoms with Crippen LogP contribution in [0.5, 0.6) is 0 Å². The molecule has 246 valence electrons. The van der Waals surface area contributed by atoms with Crippen molar-refractivity contribution in [2.24, 2.45) is 0 Å². The maximum Gasteiger partial charge on any atom is 0.292 e. The van der Waals surface area contributed by atoms with Gasteiger partial charge in [-0.05, 0) is 96.6 Å². The summed E-state index contributed by atoms with van der Waals surface area (Å²) in [5.74, 6) is 1.47. The minimum absolute atomic E-state index is 0.0617. The van der Waals surface area contributed by atoms with E-state index in [4.69, 9.17) is 24.3 Å². The monoisotopic (exact) mass is 632 g/mol. The van der Waals surface area contributed by atoms with Gasteiger partial charge in [0.25, 0.3) is 5.69 Å². The van der Waals surface area contributed by atoms with E-state index >= 15 is 0 Å². The van der Waals surface area contributed by atoms with Crippen LogP contribution in [-0.2, 0) is 9.47 Å². The van der Waals surface area contributed by atoms with Gasteiger partial charge in [0.05, 0.1) is 39.9 Å². The largest absolute Gasteiger partial charge is 0.397 e. The van der Waals surface area contributed by atoms with Gasteiger partial charge >= 0.3 is 0 Å². The van der Waals surface area contributed by atoms with Crippen LogP contribution in [0.4, 0.5) is 22.7 Å². The lowest BCUT2D eigenvalue weighted by Crippen LogP contribution is -2.32. The molecule has 0 radical (unpaired) electrons. The van der Waals surface area contributed by atoms with Crippen LogP contribution in [0.3, 0.4) is 0 Å². The van der Waals surface area contributed by atoms with Gasteiger partial charge in [0.2, 0.25) is 0 Å². The number of hydrogen-bond acceptors (Lipinski definition) is 11. The van der Waals surface area contributed by atoms with Crippen molar-refractivity contribution >= 4 is 22.7 Å². The van der Waals surface area contributed by atoms with Gasteiger partial charge in [-0.1, -0.05) is 22.4 Å². The first kappa shape index (κ1) is 33.0. The summed E-state index contributed by atoms with van der Waals surface area (Å²) in [7, 11) is 0. The van der Waals surface area contributed by atoms with E-state index in [0.717, 1.165) is 83.1 Å². The molecule has 0 amide bonds. The first-order chi connectivity index (χ1) is 22.0. The first-order valence-electron chi connectivity index (χ1n) is 15.8. The average molecular weight is 633 g/mol. The fraction of sp³-hybridized carbons (Fsp3) is 0.471. The van der Waals surface area contributed by atoms with Crippen LogP contribution in [0.15, 0.2) is 45.4 Å². The lowest BCUT2D eigenvalue weighted by molar-refractivity contribution is -0.383. The summed E-state index contributed by atoms with van der Waals surface area (Å²) in [6, 6.07) is 11.9. The van der Waals surface area contributed by atoms with Crippen LogP contribution in [0.2, 0.25) is 0 Å². The number of hydrogen-bond donors (Lipinski definition) is 3. The summed E-state index contributed by atoms with van der Waals surface area (Å²) >= 11 is 0. The zero-order chi connectivity index (χ0) is 33.0. The van der Waals surface area contributed by atoms with Crippen molar-refractivity contribution in [1.82, 2.24) is 10.3 Å². The molecule has 4 unspecified atom stereocenters. The van der Waals surface area contributed by atoms with Crippen molar-refractivity contribution in [2.75, 3.05) is 29.6 Å². The molecule has 2 aliphatic rings. The minimum atomic E-state index is -0.354. The van der Waals surface area contributed by atoms with Gasteiger partial charge in [0, 0.05) is 42.5 Å². The maximum absolute atomic E-state index is 11.5. The highest BCUT2D eigenvalue weighted by Crippen LogP contribution is 2.35. The Kier molecular flexibility index (Phi) is 10.3. The number of nitro groups is 1. The number of nitrogens with zero attached hydrogens (tertiary/aromatic N) is 3. The van der Waals surface area contributed by atoms with Gasteiger partial charge < -0.3 is 34.9 Å². The number of nitrogens with two attached hydrogens (primary N) is 1. The number of anilines is 3. The fourth-order valence-electron chi connectivity index (χ4n) is 6.30. The molecule has 2 saturated heterocycles. The van der Waals surface area contributed by atoms with E-state index in [2.05, 4.69) is 33.9 Å². The van der Waals surface area contributed by atoms with Gasteiger partial charge in [-0.2, -0.15) is 0 Å². The lowest BCUT2D eigenvalue weighted by Gasteiger charge is -2.29. The molecule has 0 bridgehead atoms. The molecular formula is C34H44N6O6. The molecule has 12 heteroatoms. The van der Waals surface area contributed by atoms with Gasteiger partial charge in [-0.3, -0.25) is 10.1 Å². The number of ether oxygens (including phenoxy) is 2. The molecule has 2 aromatic heterocycles. The van der Waals surface area contributed by atoms with Crippen molar-refractivity contribution in [3.8, 4) is 22.3 Å². The molecule has 2 fully saturated rings. The van der Waals surface area contributed by atoms with Crippen LogP contribution in [0, 0.1) is 37.8 Å². The zero-order valence-corrected chi connectivity index (χ0v) is 27.4. The molecule has 0 aliphatic carbocycles. The Balaban J connectivity index is 0.000000182. The molecule has 0 saturated carbocycles. The van der Waals surface area contributed by atoms with Gasteiger partial charge in [-0.15, -0.1) is 0 Å². The highest BCUT2D eigenvalue weighted by molar-refractivity contribution is 5.78. The second kappa shape index (κ2) is 14.3. The van der Waals surface area contributed by atoms with E-state index in [-0.39, 0.29) is 22.8 Å². The SMILES string of the molecule is Cc1noc(C)c1-c1ccc(NC2CCOC(C)C2)c(N)c1.Cc1noc(C)c1-c1ccc(NC2CCOC(C)C2)c([N+](=O)[O-])c1. The third kappa shape index (κ3) is 7.68. The summed E-state index contributed by atoms with van der Waals surface area (Å²) in [5, 5.41) is 26.3. The third-order valence-corrected chi connectivity index (χ3v) is 8.58. The van der Waals surface area contributed by atoms with E-state index in [1.165, 1.54) is 0 Å². The average Bonchev–Trinajstić information content (AvgIpc) is 3.53. The molecule has 4 aromatic rings. The van der Waals surface area contributed by atoms with Crippen molar-refractivity contribution in [3.05, 3.63) is 69.4 Å². The Labute approximate surface area is 269 Å². The number of rotatable bonds is 7. The normalized spacial score (nSPS) is 21.3. The lowest BCUT2D eigenvalue weighted by atomic mass is 10.0. The van der Waals surface area contributed by atoms with Crippen LogP contribution >= 0.6 is 0 Å². The van der Waals surface area contributed by atoms with Crippen LogP contribution < -0.4 is 16.4 Å². The summed E-state index contributed by atoms with van der Waals surface area (Å²) in [6.45, 7) is 13.1.